The second kappa shape index (κ2) is 8.89. The Labute approximate surface area is 149 Å². The molecule has 0 heterocycles. The number of allylic oxidation sites excluding steroid dienone is 1. The molecule has 25 heavy (non-hydrogen) atoms. The number of nitrogens with one attached hydrogen (secondary N) is 1. The van der Waals surface area contributed by atoms with Crippen LogP contribution in [0.15, 0.2) is 35.9 Å². The number of benzene rings is 1. The lowest BCUT2D eigenvalue weighted by atomic mass is 10.00. The summed E-state index contributed by atoms with van der Waals surface area (Å²) in [6.07, 6.45) is 7.63. The molecule has 7 heteroatoms. The molecule has 0 atom stereocenters. The van der Waals surface area contributed by atoms with Gasteiger partial charge in [0.2, 0.25) is 15.9 Å². The SMILES string of the molecule is CCOc1ccc(N(CC(=O)NCC2=CCCCC2)S(C)(=O)=O)cc1. The molecule has 0 radical (unpaired) electrons. The van der Waals surface area contributed by atoms with E-state index in [0.29, 0.717) is 24.6 Å². The van der Waals surface area contributed by atoms with E-state index in [1.54, 1.807) is 24.3 Å². The van der Waals surface area contributed by atoms with Gasteiger partial charge in [0, 0.05) is 6.54 Å². The van der Waals surface area contributed by atoms with E-state index in [4.69, 9.17) is 4.74 Å². The number of ether oxygens (including phenoxy) is 1. The molecule has 138 valence electrons. The smallest absolute Gasteiger partial charge is 0.241 e. The summed E-state index contributed by atoms with van der Waals surface area (Å²) in [7, 11) is -3.56. The molecule has 1 amide bonds. The molecule has 6 nitrogen and oxygen atoms in total. The van der Waals surface area contributed by atoms with Gasteiger partial charge in [-0.1, -0.05) is 11.6 Å². The van der Waals surface area contributed by atoms with Crippen molar-refractivity contribution >= 4 is 21.6 Å². The van der Waals surface area contributed by atoms with Crippen LogP contribution in [0.5, 0.6) is 5.75 Å². The molecule has 1 aliphatic carbocycles. The zero-order valence-corrected chi connectivity index (χ0v) is 15.6. The second-order valence-corrected chi connectivity index (χ2v) is 7.99. The summed E-state index contributed by atoms with van der Waals surface area (Å²) in [5.41, 5.74) is 1.66. The number of amides is 1. The van der Waals surface area contributed by atoms with Crippen molar-refractivity contribution in [2.45, 2.75) is 32.6 Å². The first-order chi connectivity index (χ1) is 11.9. The van der Waals surface area contributed by atoms with E-state index < -0.39 is 10.0 Å². The van der Waals surface area contributed by atoms with Crippen LogP contribution < -0.4 is 14.4 Å². The van der Waals surface area contributed by atoms with Gasteiger partial charge in [-0.05, 0) is 56.9 Å². The fourth-order valence-electron chi connectivity index (χ4n) is 2.74. The number of nitrogens with zero attached hydrogens (tertiary/aromatic N) is 1. The van der Waals surface area contributed by atoms with Crippen molar-refractivity contribution in [3.05, 3.63) is 35.9 Å². The summed E-state index contributed by atoms with van der Waals surface area (Å²) in [6, 6.07) is 6.68. The zero-order valence-electron chi connectivity index (χ0n) is 14.8. The van der Waals surface area contributed by atoms with Gasteiger partial charge in [0.05, 0.1) is 18.6 Å². The quantitative estimate of drug-likeness (QED) is 0.717. The Morgan fingerprint density at radius 1 is 1.24 bits per heavy atom. The molecular weight excluding hydrogens is 340 g/mol. The molecule has 1 N–H and O–H groups in total. The van der Waals surface area contributed by atoms with Gasteiger partial charge in [-0.2, -0.15) is 0 Å². The minimum absolute atomic E-state index is 0.236. The molecule has 1 aliphatic rings. The molecule has 0 fully saturated rings. The van der Waals surface area contributed by atoms with Crippen molar-refractivity contribution in [3.8, 4) is 5.75 Å². The maximum Gasteiger partial charge on any atom is 0.241 e. The predicted octanol–water partition coefficient (Wildman–Crippen LogP) is 2.47. The Morgan fingerprint density at radius 2 is 1.96 bits per heavy atom. The van der Waals surface area contributed by atoms with Crippen molar-refractivity contribution < 1.29 is 17.9 Å². The number of anilines is 1. The topological polar surface area (TPSA) is 75.7 Å². The average Bonchev–Trinajstić information content (AvgIpc) is 2.59. The Kier molecular flexibility index (Phi) is 6.87. The molecule has 0 saturated carbocycles. The molecule has 1 aromatic carbocycles. The van der Waals surface area contributed by atoms with Gasteiger partial charge in [-0.15, -0.1) is 0 Å². The van der Waals surface area contributed by atoms with E-state index >= 15 is 0 Å². The number of carbonyl (C=O) groups is 1. The van der Waals surface area contributed by atoms with Crippen molar-refractivity contribution in [3.63, 3.8) is 0 Å². The Balaban J connectivity index is 2.02. The van der Waals surface area contributed by atoms with Crippen molar-refractivity contribution in [2.75, 3.05) is 30.3 Å². The highest BCUT2D eigenvalue weighted by Crippen LogP contribution is 2.21. The minimum atomic E-state index is -3.56. The van der Waals surface area contributed by atoms with Gasteiger partial charge in [-0.25, -0.2) is 8.42 Å². The van der Waals surface area contributed by atoms with Crippen LogP contribution in [0.1, 0.15) is 32.6 Å². The van der Waals surface area contributed by atoms with Crippen LogP contribution in [0.2, 0.25) is 0 Å². The van der Waals surface area contributed by atoms with Crippen LogP contribution in [0.4, 0.5) is 5.69 Å². The van der Waals surface area contributed by atoms with Crippen molar-refractivity contribution in [1.29, 1.82) is 0 Å². The predicted molar refractivity (Wildman–Crippen MR) is 99.4 cm³/mol. The molecule has 0 unspecified atom stereocenters. The number of rotatable bonds is 8. The third-order valence-electron chi connectivity index (χ3n) is 4.02. The normalized spacial score (nSPS) is 14.6. The summed E-state index contributed by atoms with van der Waals surface area (Å²) in [6.45, 7) is 2.66. The maximum atomic E-state index is 12.2. The lowest BCUT2D eigenvalue weighted by Gasteiger charge is -2.22. The van der Waals surface area contributed by atoms with Gasteiger partial charge in [0.25, 0.3) is 0 Å². The van der Waals surface area contributed by atoms with Crippen LogP contribution in [0.25, 0.3) is 0 Å². The third kappa shape index (κ3) is 6.08. The van der Waals surface area contributed by atoms with E-state index in [0.717, 1.165) is 29.8 Å². The largest absolute Gasteiger partial charge is 0.494 e. The fraction of sp³-hybridized carbons (Fsp3) is 0.500. The number of sulfonamides is 1. The molecular formula is C18H26N2O4S. The first-order valence-corrected chi connectivity index (χ1v) is 10.4. The second-order valence-electron chi connectivity index (χ2n) is 6.08. The summed E-state index contributed by atoms with van der Waals surface area (Å²) in [4.78, 5) is 12.2. The van der Waals surface area contributed by atoms with E-state index in [-0.39, 0.29) is 12.5 Å². The Morgan fingerprint density at radius 3 is 2.52 bits per heavy atom. The van der Waals surface area contributed by atoms with E-state index in [1.165, 1.54) is 12.0 Å². The summed E-state index contributed by atoms with van der Waals surface area (Å²) < 4.78 is 30.6. The van der Waals surface area contributed by atoms with Crippen LogP contribution in [0.3, 0.4) is 0 Å². The van der Waals surface area contributed by atoms with Crippen LogP contribution in [-0.2, 0) is 14.8 Å². The van der Waals surface area contributed by atoms with E-state index in [9.17, 15) is 13.2 Å². The highest BCUT2D eigenvalue weighted by atomic mass is 32.2. The van der Waals surface area contributed by atoms with Gasteiger partial charge in [0.15, 0.2) is 0 Å². The van der Waals surface area contributed by atoms with Gasteiger partial charge >= 0.3 is 0 Å². The Hall–Kier alpha value is -2.02. The van der Waals surface area contributed by atoms with Crippen molar-refractivity contribution in [2.24, 2.45) is 0 Å². The van der Waals surface area contributed by atoms with Gasteiger partial charge in [-0.3, -0.25) is 9.10 Å². The number of carbonyl (C=O) groups excluding carboxylic acids is 1. The molecule has 0 aliphatic heterocycles. The molecule has 1 aromatic rings. The first kappa shape index (κ1) is 19.3. The first-order valence-electron chi connectivity index (χ1n) is 8.55. The highest BCUT2D eigenvalue weighted by Gasteiger charge is 2.21. The van der Waals surface area contributed by atoms with E-state index in [2.05, 4.69) is 11.4 Å². The summed E-state index contributed by atoms with van der Waals surface area (Å²) in [5, 5.41) is 2.82. The van der Waals surface area contributed by atoms with Crippen LogP contribution >= 0.6 is 0 Å². The fourth-order valence-corrected chi connectivity index (χ4v) is 3.60. The standard InChI is InChI=1S/C18H26N2O4S/c1-3-24-17-11-9-16(10-12-17)20(25(2,22)23)14-18(21)19-13-15-7-5-4-6-8-15/h7,9-12H,3-6,8,13-14H2,1-2H3,(H,19,21). The van der Waals surface area contributed by atoms with Crippen LogP contribution in [-0.4, -0.2) is 40.3 Å². The van der Waals surface area contributed by atoms with Gasteiger partial charge < -0.3 is 10.1 Å². The average molecular weight is 366 g/mol. The number of hydrogen-bond acceptors (Lipinski definition) is 4. The maximum absolute atomic E-state index is 12.2. The van der Waals surface area contributed by atoms with Crippen molar-refractivity contribution in [1.82, 2.24) is 5.32 Å². The highest BCUT2D eigenvalue weighted by molar-refractivity contribution is 7.92. The lowest BCUT2D eigenvalue weighted by molar-refractivity contribution is -0.119. The Bertz CT molecular complexity index is 711. The third-order valence-corrected chi connectivity index (χ3v) is 5.16. The van der Waals surface area contributed by atoms with E-state index in [1.807, 2.05) is 6.92 Å². The van der Waals surface area contributed by atoms with Gasteiger partial charge in [0.1, 0.15) is 12.3 Å². The zero-order chi connectivity index (χ0) is 18.3. The summed E-state index contributed by atoms with van der Waals surface area (Å²) >= 11 is 0. The monoisotopic (exact) mass is 366 g/mol. The molecule has 0 spiro atoms. The molecule has 0 bridgehead atoms. The summed E-state index contributed by atoms with van der Waals surface area (Å²) in [5.74, 6) is 0.346. The molecule has 0 aromatic heterocycles. The number of hydrogen-bond donors (Lipinski definition) is 1. The molecule has 2 rings (SSSR count). The minimum Gasteiger partial charge on any atom is -0.494 e. The van der Waals surface area contributed by atoms with Crippen LogP contribution in [0, 0.1) is 0 Å². The molecule has 0 saturated heterocycles. The lowest BCUT2D eigenvalue weighted by Crippen LogP contribution is -2.41.